The van der Waals surface area contributed by atoms with Gasteiger partial charge >= 0.3 is 0 Å². The zero-order valence-electron chi connectivity index (χ0n) is 17.9. The summed E-state index contributed by atoms with van der Waals surface area (Å²) in [6.45, 7) is 3.95. The van der Waals surface area contributed by atoms with Crippen LogP contribution >= 0.6 is 39.7 Å². The molecule has 0 aliphatic carbocycles. The zero-order valence-corrected chi connectivity index (χ0v) is 21.1. The number of thiocarbonyl (C=S) groups is 1. The van der Waals surface area contributed by atoms with Crippen LogP contribution < -0.4 is 20.3 Å². The summed E-state index contributed by atoms with van der Waals surface area (Å²) in [6.07, 6.45) is 0. The van der Waals surface area contributed by atoms with Gasteiger partial charge in [-0.2, -0.15) is 0 Å². The number of halogens is 2. The maximum atomic E-state index is 13.8. The van der Waals surface area contributed by atoms with E-state index in [1.165, 1.54) is 0 Å². The van der Waals surface area contributed by atoms with Crippen molar-refractivity contribution in [2.24, 2.45) is 5.92 Å². The van der Waals surface area contributed by atoms with Crippen LogP contribution in [0.25, 0.3) is 0 Å². The van der Waals surface area contributed by atoms with Crippen molar-refractivity contribution < 1.29 is 9.53 Å². The van der Waals surface area contributed by atoms with Crippen molar-refractivity contribution in [2.75, 3.05) is 10.2 Å². The summed E-state index contributed by atoms with van der Waals surface area (Å²) in [6, 6.07) is 20.5. The molecule has 2 N–H and O–H groups in total. The molecule has 33 heavy (non-hydrogen) atoms. The van der Waals surface area contributed by atoms with Gasteiger partial charge in [-0.3, -0.25) is 9.69 Å². The number of hydrogen-bond acceptors (Lipinski definition) is 3. The Kier molecular flexibility index (Phi) is 5.59. The third-order valence-corrected chi connectivity index (χ3v) is 7.19. The van der Waals surface area contributed by atoms with E-state index in [2.05, 4.69) is 26.6 Å². The number of ether oxygens (including phenoxy) is 1. The summed E-state index contributed by atoms with van der Waals surface area (Å²) >= 11 is 15.3. The minimum absolute atomic E-state index is 0.178. The van der Waals surface area contributed by atoms with Gasteiger partial charge in [0.1, 0.15) is 11.7 Å². The molecule has 2 aliphatic rings. The Morgan fingerprint density at radius 3 is 2.55 bits per heavy atom. The lowest BCUT2D eigenvalue weighted by Gasteiger charge is -2.56. The summed E-state index contributed by atoms with van der Waals surface area (Å²) in [4.78, 5) is 15.7. The molecule has 2 heterocycles. The van der Waals surface area contributed by atoms with Gasteiger partial charge in [-0.1, -0.05) is 45.2 Å². The van der Waals surface area contributed by atoms with Gasteiger partial charge in [-0.15, -0.1) is 0 Å². The highest BCUT2D eigenvalue weighted by Crippen LogP contribution is 2.50. The van der Waals surface area contributed by atoms with E-state index in [0.29, 0.717) is 21.6 Å². The van der Waals surface area contributed by atoms with Gasteiger partial charge in [0.2, 0.25) is 5.91 Å². The van der Waals surface area contributed by atoms with Crippen molar-refractivity contribution >= 4 is 62.1 Å². The van der Waals surface area contributed by atoms with Crippen molar-refractivity contribution in [1.82, 2.24) is 5.32 Å². The Hall–Kier alpha value is -2.61. The van der Waals surface area contributed by atoms with Gasteiger partial charge in [-0.25, -0.2) is 0 Å². The summed E-state index contributed by atoms with van der Waals surface area (Å²) in [5, 5.41) is 7.57. The van der Waals surface area contributed by atoms with Crippen molar-refractivity contribution in [2.45, 2.75) is 25.6 Å². The molecule has 0 saturated carbocycles. The molecule has 3 aromatic rings. The lowest BCUT2D eigenvalue weighted by molar-refractivity contribution is -0.130. The second-order valence-corrected chi connectivity index (χ2v) is 10.1. The van der Waals surface area contributed by atoms with Crippen LogP contribution in [0.5, 0.6) is 5.75 Å². The van der Waals surface area contributed by atoms with Gasteiger partial charge in [0, 0.05) is 26.4 Å². The molecule has 0 aromatic heterocycles. The number of benzene rings is 3. The van der Waals surface area contributed by atoms with E-state index in [4.69, 9.17) is 28.6 Å². The minimum Gasteiger partial charge on any atom is -0.467 e. The summed E-state index contributed by atoms with van der Waals surface area (Å²) < 4.78 is 7.50. The van der Waals surface area contributed by atoms with E-state index in [0.717, 1.165) is 21.3 Å². The first kappa shape index (κ1) is 22.2. The topological polar surface area (TPSA) is 53.6 Å². The molecule has 2 aliphatic heterocycles. The molecular formula is C25H21BrClN3O2S. The van der Waals surface area contributed by atoms with E-state index in [1.807, 2.05) is 61.2 Å². The van der Waals surface area contributed by atoms with Crippen LogP contribution in [-0.2, 0) is 4.79 Å². The molecule has 3 aromatic carbocycles. The van der Waals surface area contributed by atoms with Crippen LogP contribution in [0.1, 0.15) is 24.1 Å². The summed E-state index contributed by atoms with van der Waals surface area (Å²) in [5.41, 5.74) is 2.47. The van der Waals surface area contributed by atoms with Gasteiger partial charge < -0.3 is 15.4 Å². The number of hydrogen-bond donors (Lipinski definition) is 2. The molecule has 1 amide bonds. The van der Waals surface area contributed by atoms with Gasteiger partial charge in [-0.05, 0) is 80.7 Å². The van der Waals surface area contributed by atoms with Crippen LogP contribution in [-0.4, -0.2) is 16.7 Å². The van der Waals surface area contributed by atoms with Gasteiger partial charge in [0.25, 0.3) is 0 Å². The minimum atomic E-state index is -1.06. The second kappa shape index (κ2) is 8.31. The number of fused-ring (bicyclic) bond motifs is 4. The first-order chi connectivity index (χ1) is 15.8. The van der Waals surface area contributed by atoms with Crippen LogP contribution in [0.2, 0.25) is 5.02 Å². The van der Waals surface area contributed by atoms with Crippen molar-refractivity contribution in [1.29, 1.82) is 0 Å². The molecule has 0 unspecified atom stereocenters. The normalized spacial score (nSPS) is 23.3. The average Bonchev–Trinajstić information content (AvgIpc) is 2.77. The fourth-order valence-corrected chi connectivity index (χ4v) is 5.51. The summed E-state index contributed by atoms with van der Waals surface area (Å²) in [7, 11) is 0. The third-order valence-electron chi connectivity index (χ3n) is 6.15. The quantitative estimate of drug-likeness (QED) is 0.386. The standard InChI is InChI=1S/C25H21BrClN3O2S/c1-14-3-10-18(11-4-14)30-24(33)29-22-19-13-15(26)5-12-20(19)32-25(30,2)21(22)23(31)28-17-8-6-16(27)7-9-17/h3-13,21-22H,1-2H3,(H,28,31)(H,29,33)/t21-,22-,25-/m0/s1. The highest BCUT2D eigenvalue weighted by molar-refractivity contribution is 9.10. The number of carbonyl (C=O) groups is 1. The van der Waals surface area contributed by atoms with E-state index in [9.17, 15) is 4.79 Å². The van der Waals surface area contributed by atoms with Crippen molar-refractivity contribution in [3.63, 3.8) is 0 Å². The maximum absolute atomic E-state index is 13.8. The predicted octanol–water partition coefficient (Wildman–Crippen LogP) is 6.21. The fourth-order valence-electron chi connectivity index (χ4n) is 4.59. The molecule has 1 fully saturated rings. The maximum Gasteiger partial charge on any atom is 0.236 e. The molecule has 8 heteroatoms. The van der Waals surface area contributed by atoms with Crippen LogP contribution in [0.3, 0.4) is 0 Å². The SMILES string of the molecule is Cc1ccc(N2C(=S)N[C@H]3c4cc(Br)ccc4O[C@@]2(C)[C@@H]3C(=O)Nc2ccc(Cl)cc2)cc1. The van der Waals surface area contributed by atoms with Crippen LogP contribution in [0.4, 0.5) is 11.4 Å². The molecular weight excluding hydrogens is 522 g/mol. The molecule has 2 bridgehead atoms. The predicted molar refractivity (Wildman–Crippen MR) is 139 cm³/mol. The average molecular weight is 543 g/mol. The fraction of sp³-hybridized carbons (Fsp3) is 0.200. The number of carbonyl (C=O) groups excluding carboxylic acids is 1. The lowest BCUT2D eigenvalue weighted by atomic mass is 9.78. The van der Waals surface area contributed by atoms with Crippen molar-refractivity contribution in [3.8, 4) is 5.75 Å². The van der Waals surface area contributed by atoms with E-state index >= 15 is 0 Å². The number of anilines is 2. The highest BCUT2D eigenvalue weighted by atomic mass is 79.9. The Bertz CT molecular complexity index is 1250. The van der Waals surface area contributed by atoms with E-state index in [-0.39, 0.29) is 11.9 Å². The molecule has 3 atom stereocenters. The Morgan fingerprint density at radius 1 is 1.15 bits per heavy atom. The largest absolute Gasteiger partial charge is 0.467 e. The van der Waals surface area contributed by atoms with E-state index < -0.39 is 11.6 Å². The Labute approximate surface area is 211 Å². The number of aryl methyl sites for hydroxylation is 1. The molecule has 0 spiro atoms. The molecule has 5 nitrogen and oxygen atoms in total. The lowest BCUT2D eigenvalue weighted by Crippen LogP contribution is -2.72. The smallest absolute Gasteiger partial charge is 0.236 e. The second-order valence-electron chi connectivity index (χ2n) is 8.41. The number of nitrogens with one attached hydrogen (secondary N) is 2. The van der Waals surface area contributed by atoms with Gasteiger partial charge in [0.05, 0.1) is 6.04 Å². The number of nitrogens with zero attached hydrogens (tertiary/aromatic N) is 1. The van der Waals surface area contributed by atoms with Crippen molar-refractivity contribution in [3.05, 3.63) is 87.4 Å². The van der Waals surface area contributed by atoms with Gasteiger partial charge in [0.15, 0.2) is 10.8 Å². The molecule has 0 radical (unpaired) electrons. The highest BCUT2D eigenvalue weighted by Gasteiger charge is 2.59. The molecule has 5 rings (SSSR count). The van der Waals surface area contributed by atoms with E-state index in [1.54, 1.807) is 24.3 Å². The monoisotopic (exact) mass is 541 g/mol. The first-order valence-electron chi connectivity index (χ1n) is 10.5. The molecule has 168 valence electrons. The Morgan fingerprint density at radius 2 is 1.85 bits per heavy atom. The Balaban J connectivity index is 1.62. The number of amides is 1. The molecule has 1 saturated heterocycles. The van der Waals surface area contributed by atoms with Crippen LogP contribution in [0.15, 0.2) is 71.2 Å². The third kappa shape index (κ3) is 3.88. The number of rotatable bonds is 3. The zero-order chi connectivity index (χ0) is 23.3. The van der Waals surface area contributed by atoms with Crippen LogP contribution in [0, 0.1) is 12.8 Å². The first-order valence-corrected chi connectivity index (χ1v) is 12.1. The summed E-state index contributed by atoms with van der Waals surface area (Å²) in [5.74, 6) is -0.0705.